The van der Waals surface area contributed by atoms with Crippen LogP contribution in [0.4, 0.5) is 17.1 Å². The number of hydrogen-bond acceptors (Lipinski definition) is 6. The van der Waals surface area contributed by atoms with Gasteiger partial charge in [-0.1, -0.05) is 29.3 Å². The number of carboxylic acids is 1. The summed E-state index contributed by atoms with van der Waals surface area (Å²) in [6.07, 6.45) is 3.36. The molecular weight excluding hydrogens is 563 g/mol. The molecule has 1 amide bonds. The molecule has 0 unspecified atom stereocenters. The van der Waals surface area contributed by atoms with E-state index in [-0.39, 0.29) is 11.9 Å². The molecule has 0 bridgehead atoms. The molecule has 2 saturated heterocycles. The van der Waals surface area contributed by atoms with Gasteiger partial charge in [-0.3, -0.25) is 19.5 Å². The van der Waals surface area contributed by atoms with E-state index in [4.69, 9.17) is 27.9 Å². The Balaban J connectivity index is 1.27. The third-order valence-electron chi connectivity index (χ3n) is 8.54. The molecule has 2 N–H and O–H groups in total. The van der Waals surface area contributed by atoms with Gasteiger partial charge in [0.25, 0.3) is 0 Å². The van der Waals surface area contributed by atoms with Gasteiger partial charge in [-0.25, -0.2) is 0 Å². The number of aromatic nitrogens is 1. The van der Waals surface area contributed by atoms with Crippen molar-refractivity contribution in [2.75, 3.05) is 42.6 Å². The highest BCUT2D eigenvalue weighted by molar-refractivity contribution is 6.32. The van der Waals surface area contributed by atoms with Crippen LogP contribution in [-0.2, 0) is 19.7 Å². The summed E-state index contributed by atoms with van der Waals surface area (Å²) in [6.45, 7) is 6.39. The number of hydrogen-bond donors (Lipinski definition) is 2. The number of halogens is 2. The molecule has 10 heteroatoms. The number of benzene rings is 2. The second kappa shape index (κ2) is 10.6. The number of ether oxygens (including phenoxy) is 1. The van der Waals surface area contributed by atoms with Crippen molar-refractivity contribution in [1.82, 2.24) is 10.3 Å². The number of amides is 1. The van der Waals surface area contributed by atoms with Gasteiger partial charge in [-0.05, 0) is 69.2 Å². The summed E-state index contributed by atoms with van der Waals surface area (Å²) >= 11 is 12.8. The van der Waals surface area contributed by atoms with Gasteiger partial charge in [0.05, 0.1) is 21.8 Å². The van der Waals surface area contributed by atoms with Gasteiger partial charge >= 0.3 is 5.97 Å². The van der Waals surface area contributed by atoms with Crippen molar-refractivity contribution in [3.63, 3.8) is 0 Å². The van der Waals surface area contributed by atoms with Crippen molar-refractivity contribution in [3.8, 4) is 11.1 Å². The van der Waals surface area contributed by atoms with E-state index in [0.29, 0.717) is 60.0 Å². The molecule has 8 nitrogen and oxygen atoms in total. The third-order valence-corrected chi connectivity index (χ3v) is 8.98. The number of pyridine rings is 1. The molecule has 3 aromatic rings. The monoisotopic (exact) mass is 594 g/mol. The summed E-state index contributed by atoms with van der Waals surface area (Å²) in [5.41, 5.74) is 2.71. The fourth-order valence-corrected chi connectivity index (χ4v) is 6.37. The molecule has 2 fully saturated rings. The lowest BCUT2D eigenvalue weighted by Gasteiger charge is -2.49. The van der Waals surface area contributed by atoms with Crippen LogP contribution in [0.5, 0.6) is 0 Å². The summed E-state index contributed by atoms with van der Waals surface area (Å²) in [5.74, 6) is -0.931. The van der Waals surface area contributed by atoms with E-state index in [9.17, 15) is 14.7 Å². The Kier molecular flexibility index (Phi) is 7.22. The van der Waals surface area contributed by atoms with E-state index in [1.807, 2.05) is 50.2 Å². The molecular formula is C31H32Cl2N4O4. The van der Waals surface area contributed by atoms with Gasteiger partial charge < -0.3 is 20.1 Å². The van der Waals surface area contributed by atoms with E-state index in [0.717, 1.165) is 29.7 Å². The normalized spacial score (nSPS) is 19.7. The van der Waals surface area contributed by atoms with Crippen molar-refractivity contribution in [2.45, 2.75) is 38.1 Å². The number of nitrogens with zero attached hydrogens (tertiary/aromatic N) is 3. The molecule has 1 aromatic heterocycles. The maximum atomic E-state index is 14.2. The average molecular weight is 596 g/mol. The topological polar surface area (TPSA) is 95.0 Å². The number of anilines is 3. The summed E-state index contributed by atoms with van der Waals surface area (Å²) < 4.78 is 5.42. The van der Waals surface area contributed by atoms with E-state index in [1.54, 1.807) is 23.2 Å². The first-order valence-corrected chi connectivity index (χ1v) is 14.5. The van der Waals surface area contributed by atoms with Crippen LogP contribution in [0.3, 0.4) is 0 Å². The van der Waals surface area contributed by atoms with Crippen molar-refractivity contribution < 1.29 is 19.4 Å². The third kappa shape index (κ3) is 4.97. The number of nitrogens with one attached hydrogen (secondary N) is 1. The van der Waals surface area contributed by atoms with E-state index in [1.165, 1.54) is 0 Å². The van der Waals surface area contributed by atoms with Gasteiger partial charge in [-0.15, -0.1) is 0 Å². The number of fused-ring (bicyclic) bond motifs is 3. The number of aliphatic carboxylic acids is 1. The molecule has 4 heterocycles. The zero-order valence-electron chi connectivity index (χ0n) is 23.0. The zero-order valence-corrected chi connectivity index (χ0v) is 24.5. The lowest BCUT2D eigenvalue weighted by Crippen LogP contribution is -2.65. The first-order chi connectivity index (χ1) is 19.6. The fourth-order valence-electron chi connectivity index (χ4n) is 6.05. The molecule has 0 saturated carbocycles. The Morgan fingerprint density at radius 1 is 1.02 bits per heavy atom. The maximum absolute atomic E-state index is 14.2. The second-order valence-corrected chi connectivity index (χ2v) is 12.6. The van der Waals surface area contributed by atoms with Gasteiger partial charge in [0.2, 0.25) is 5.91 Å². The molecule has 6 rings (SSSR count). The molecule has 0 aliphatic carbocycles. The first-order valence-electron chi connectivity index (χ1n) is 13.8. The molecule has 41 heavy (non-hydrogen) atoms. The molecule has 3 aliphatic rings. The molecule has 0 radical (unpaired) electrons. The van der Waals surface area contributed by atoms with Gasteiger partial charge in [0.15, 0.2) is 0 Å². The average Bonchev–Trinajstić information content (AvgIpc) is 2.99. The number of rotatable bonds is 6. The molecule has 214 valence electrons. The van der Waals surface area contributed by atoms with Crippen molar-refractivity contribution in [1.29, 1.82) is 0 Å². The SMILES string of the molecule is CC1(C)C(=O)N(c2ccc(N3CC(CNC4CCOCC4)(C(=O)O)C3)cc2)c2cc(Cl)ccc2-c2cc(Cl)cnc21. The minimum absolute atomic E-state index is 0.143. The van der Waals surface area contributed by atoms with Crippen molar-refractivity contribution in [2.24, 2.45) is 5.41 Å². The predicted molar refractivity (Wildman–Crippen MR) is 160 cm³/mol. The summed E-state index contributed by atoms with van der Waals surface area (Å²) in [4.78, 5) is 34.7. The minimum atomic E-state index is -0.944. The fraction of sp³-hybridized carbons (Fsp3) is 0.387. The molecule has 0 spiro atoms. The Bertz CT molecular complexity index is 1500. The lowest BCUT2D eigenvalue weighted by molar-refractivity contribution is -0.150. The van der Waals surface area contributed by atoms with Crippen LogP contribution < -0.4 is 15.1 Å². The Morgan fingerprint density at radius 3 is 2.39 bits per heavy atom. The number of carboxylic acid groups (broad SMARTS) is 1. The van der Waals surface area contributed by atoms with Crippen LogP contribution in [0.1, 0.15) is 32.4 Å². The Hall–Kier alpha value is -3.17. The van der Waals surface area contributed by atoms with Gasteiger partial charge in [0, 0.05) is 72.6 Å². The lowest BCUT2D eigenvalue weighted by atomic mass is 9.79. The highest BCUT2D eigenvalue weighted by Gasteiger charge is 2.50. The van der Waals surface area contributed by atoms with Gasteiger partial charge in [0.1, 0.15) is 5.41 Å². The summed E-state index contributed by atoms with van der Waals surface area (Å²) in [6, 6.07) is 15.3. The summed E-state index contributed by atoms with van der Waals surface area (Å²) in [7, 11) is 0. The van der Waals surface area contributed by atoms with Crippen LogP contribution in [0, 0.1) is 5.41 Å². The van der Waals surface area contributed by atoms with Crippen LogP contribution in [-0.4, -0.2) is 60.9 Å². The largest absolute Gasteiger partial charge is 0.481 e. The van der Waals surface area contributed by atoms with E-state index in [2.05, 4.69) is 15.2 Å². The Labute approximate surface area is 249 Å². The predicted octanol–water partition coefficient (Wildman–Crippen LogP) is 5.67. The maximum Gasteiger partial charge on any atom is 0.314 e. The number of carbonyl (C=O) groups is 2. The second-order valence-electron chi connectivity index (χ2n) is 11.7. The Morgan fingerprint density at radius 2 is 1.71 bits per heavy atom. The van der Waals surface area contributed by atoms with E-state index < -0.39 is 16.8 Å². The highest BCUT2D eigenvalue weighted by atomic mass is 35.5. The standard InChI is InChI=1S/C31H32Cl2N4O4/c1-30(2)27-25(13-20(33)15-34-27)24-8-3-19(32)14-26(24)37(28(30)38)23-6-4-22(5-7-23)36-17-31(18-36,29(39)40)16-35-21-9-11-41-12-10-21/h3-8,13-15,21,35H,9-12,16-18H2,1-2H3,(H,39,40). The van der Waals surface area contributed by atoms with Crippen LogP contribution in [0.2, 0.25) is 10.0 Å². The first kappa shape index (κ1) is 28.0. The molecule has 2 aromatic carbocycles. The smallest absolute Gasteiger partial charge is 0.314 e. The molecule has 0 atom stereocenters. The zero-order chi connectivity index (χ0) is 28.9. The number of carbonyl (C=O) groups excluding carboxylic acids is 1. The van der Waals surface area contributed by atoms with Crippen LogP contribution in [0.25, 0.3) is 11.1 Å². The minimum Gasteiger partial charge on any atom is -0.481 e. The van der Waals surface area contributed by atoms with Crippen LogP contribution in [0.15, 0.2) is 54.7 Å². The van der Waals surface area contributed by atoms with E-state index >= 15 is 0 Å². The summed E-state index contributed by atoms with van der Waals surface area (Å²) in [5, 5.41) is 14.5. The van der Waals surface area contributed by atoms with Crippen LogP contribution >= 0.6 is 23.2 Å². The highest BCUT2D eigenvalue weighted by Crippen LogP contribution is 2.47. The molecule has 3 aliphatic heterocycles. The van der Waals surface area contributed by atoms with Crippen molar-refractivity contribution >= 4 is 52.1 Å². The van der Waals surface area contributed by atoms with Gasteiger partial charge in [-0.2, -0.15) is 0 Å². The van der Waals surface area contributed by atoms with Crippen molar-refractivity contribution in [3.05, 3.63) is 70.5 Å². The quantitative estimate of drug-likeness (QED) is 0.379.